The first kappa shape index (κ1) is 11.0. The number of anilines is 1. The van der Waals surface area contributed by atoms with Crippen molar-refractivity contribution in [3.05, 3.63) is 29.8 Å². The average Bonchev–Trinajstić information content (AvgIpc) is 2.81. The molecular formula is C12H16N2O2. The van der Waals surface area contributed by atoms with Crippen LogP contribution in [0.2, 0.25) is 0 Å². The van der Waals surface area contributed by atoms with E-state index in [-0.39, 0.29) is 0 Å². The molecule has 1 atom stereocenters. The minimum Gasteiger partial charge on any atom is -0.480 e. The van der Waals surface area contributed by atoms with Crippen molar-refractivity contribution in [2.24, 2.45) is 5.73 Å². The van der Waals surface area contributed by atoms with Crippen molar-refractivity contribution in [1.29, 1.82) is 0 Å². The zero-order valence-electron chi connectivity index (χ0n) is 9.10. The monoisotopic (exact) mass is 220 g/mol. The van der Waals surface area contributed by atoms with Crippen LogP contribution in [0.5, 0.6) is 0 Å². The summed E-state index contributed by atoms with van der Waals surface area (Å²) in [6, 6.07) is 6.57. The molecule has 86 valence electrons. The summed E-state index contributed by atoms with van der Waals surface area (Å²) in [6.07, 6.45) is 2.33. The molecule has 1 aromatic rings. The predicted octanol–water partition coefficient (Wildman–Crippen LogP) is 1.37. The van der Waals surface area contributed by atoms with E-state index in [2.05, 4.69) is 4.90 Å². The average molecular weight is 220 g/mol. The molecule has 0 unspecified atom stereocenters. The molecular weight excluding hydrogens is 204 g/mol. The quantitative estimate of drug-likeness (QED) is 0.807. The molecule has 0 amide bonds. The minimum atomic E-state index is -0.980. The zero-order valence-corrected chi connectivity index (χ0v) is 9.10. The van der Waals surface area contributed by atoms with Crippen molar-refractivity contribution in [2.75, 3.05) is 18.0 Å². The Morgan fingerprint density at radius 1 is 1.31 bits per heavy atom. The lowest BCUT2D eigenvalue weighted by Gasteiger charge is -2.22. The Labute approximate surface area is 94.7 Å². The van der Waals surface area contributed by atoms with Crippen LogP contribution in [0.3, 0.4) is 0 Å². The van der Waals surface area contributed by atoms with Gasteiger partial charge in [-0.15, -0.1) is 0 Å². The third kappa shape index (κ3) is 2.02. The van der Waals surface area contributed by atoms with Gasteiger partial charge in [-0.25, -0.2) is 0 Å². The topological polar surface area (TPSA) is 66.6 Å². The Bertz CT molecular complexity index is 386. The molecule has 1 aromatic carbocycles. The predicted molar refractivity (Wildman–Crippen MR) is 62.5 cm³/mol. The maximum atomic E-state index is 10.9. The first-order chi connectivity index (χ1) is 7.70. The summed E-state index contributed by atoms with van der Waals surface area (Å²) < 4.78 is 0. The summed E-state index contributed by atoms with van der Waals surface area (Å²) >= 11 is 0. The largest absolute Gasteiger partial charge is 0.480 e. The smallest absolute Gasteiger partial charge is 0.325 e. The van der Waals surface area contributed by atoms with E-state index in [0.29, 0.717) is 5.56 Å². The maximum absolute atomic E-state index is 10.9. The molecule has 4 heteroatoms. The van der Waals surface area contributed by atoms with Gasteiger partial charge in [-0.2, -0.15) is 0 Å². The van der Waals surface area contributed by atoms with Crippen molar-refractivity contribution in [3.63, 3.8) is 0 Å². The summed E-state index contributed by atoms with van der Waals surface area (Å²) in [5, 5.41) is 8.96. The Kier molecular flexibility index (Phi) is 3.10. The van der Waals surface area contributed by atoms with E-state index in [1.54, 1.807) is 6.07 Å². The van der Waals surface area contributed by atoms with Crippen molar-refractivity contribution >= 4 is 11.7 Å². The van der Waals surface area contributed by atoms with Gasteiger partial charge in [-0.05, 0) is 18.9 Å². The lowest BCUT2D eigenvalue weighted by molar-refractivity contribution is -0.138. The van der Waals surface area contributed by atoms with E-state index in [0.717, 1.165) is 31.6 Å². The Hall–Kier alpha value is -1.55. The molecule has 3 N–H and O–H groups in total. The fraction of sp³-hybridized carbons (Fsp3) is 0.417. The fourth-order valence-corrected chi connectivity index (χ4v) is 2.13. The van der Waals surface area contributed by atoms with Gasteiger partial charge in [0.25, 0.3) is 0 Å². The molecule has 1 aliphatic rings. The van der Waals surface area contributed by atoms with E-state index in [1.165, 1.54) is 0 Å². The normalized spacial score (nSPS) is 17.4. The van der Waals surface area contributed by atoms with Crippen LogP contribution >= 0.6 is 0 Å². The van der Waals surface area contributed by atoms with Crippen molar-refractivity contribution in [1.82, 2.24) is 0 Å². The molecule has 0 spiro atoms. The molecule has 0 aliphatic carbocycles. The van der Waals surface area contributed by atoms with Crippen molar-refractivity contribution in [2.45, 2.75) is 18.9 Å². The van der Waals surface area contributed by atoms with Crippen molar-refractivity contribution in [3.8, 4) is 0 Å². The van der Waals surface area contributed by atoms with E-state index < -0.39 is 12.0 Å². The first-order valence-electron chi connectivity index (χ1n) is 5.52. The van der Waals surface area contributed by atoms with Crippen LogP contribution in [0.25, 0.3) is 0 Å². The van der Waals surface area contributed by atoms with Gasteiger partial charge in [0.05, 0.1) is 0 Å². The number of aliphatic carboxylic acids is 1. The molecule has 0 bridgehead atoms. The summed E-state index contributed by atoms with van der Waals surface area (Å²) in [6.45, 7) is 1.98. The second-order valence-corrected chi connectivity index (χ2v) is 4.07. The summed E-state index contributed by atoms with van der Waals surface area (Å²) in [7, 11) is 0. The molecule has 1 fully saturated rings. The second kappa shape index (κ2) is 4.53. The second-order valence-electron chi connectivity index (χ2n) is 4.07. The molecule has 0 radical (unpaired) electrons. The molecule has 1 saturated heterocycles. The number of nitrogens with two attached hydrogens (primary N) is 1. The number of hydrogen-bond donors (Lipinski definition) is 2. The van der Waals surface area contributed by atoms with Gasteiger partial charge < -0.3 is 15.7 Å². The van der Waals surface area contributed by atoms with Crippen LogP contribution in [0.1, 0.15) is 24.4 Å². The summed E-state index contributed by atoms with van der Waals surface area (Å²) in [5.41, 5.74) is 7.35. The molecule has 4 nitrogen and oxygen atoms in total. The van der Waals surface area contributed by atoms with Crippen LogP contribution < -0.4 is 10.6 Å². The number of para-hydroxylation sites is 1. The number of carboxylic acid groups (broad SMARTS) is 1. The number of carbonyl (C=O) groups is 1. The van der Waals surface area contributed by atoms with Gasteiger partial charge in [0.2, 0.25) is 0 Å². The molecule has 1 aliphatic heterocycles. The zero-order chi connectivity index (χ0) is 11.5. The summed E-state index contributed by atoms with van der Waals surface area (Å²) in [4.78, 5) is 13.1. The van der Waals surface area contributed by atoms with Gasteiger partial charge >= 0.3 is 5.97 Å². The van der Waals surface area contributed by atoms with E-state index in [1.807, 2.05) is 18.2 Å². The Balaban J connectivity index is 2.33. The van der Waals surface area contributed by atoms with Gasteiger partial charge in [-0.1, -0.05) is 18.2 Å². The van der Waals surface area contributed by atoms with Gasteiger partial charge in [0.15, 0.2) is 0 Å². The lowest BCUT2D eigenvalue weighted by atomic mass is 10.0. The number of nitrogens with zero attached hydrogens (tertiary/aromatic N) is 1. The minimum absolute atomic E-state index is 0.705. The van der Waals surface area contributed by atoms with Gasteiger partial charge in [-0.3, -0.25) is 4.79 Å². The fourth-order valence-electron chi connectivity index (χ4n) is 2.13. The standard InChI is InChI=1S/C12H16N2O2/c13-11(12(15)16)9-5-1-2-6-10(9)14-7-3-4-8-14/h1-2,5-6,11H,3-4,7-8,13H2,(H,15,16)/t11-/m0/s1. The SMILES string of the molecule is N[C@H](C(=O)O)c1ccccc1N1CCCC1. The van der Waals surface area contributed by atoms with Gasteiger partial charge in [0.1, 0.15) is 6.04 Å². The van der Waals surface area contributed by atoms with E-state index in [4.69, 9.17) is 10.8 Å². The van der Waals surface area contributed by atoms with Crippen LogP contribution in [0, 0.1) is 0 Å². The van der Waals surface area contributed by atoms with E-state index in [9.17, 15) is 4.79 Å². The van der Waals surface area contributed by atoms with Crippen LogP contribution in [0.4, 0.5) is 5.69 Å². The third-order valence-electron chi connectivity index (χ3n) is 2.98. The van der Waals surface area contributed by atoms with Crippen molar-refractivity contribution < 1.29 is 9.90 Å². The Morgan fingerprint density at radius 2 is 1.94 bits per heavy atom. The highest BCUT2D eigenvalue weighted by molar-refractivity contribution is 5.78. The highest BCUT2D eigenvalue weighted by Gasteiger charge is 2.22. The van der Waals surface area contributed by atoms with Crippen LogP contribution in [0.15, 0.2) is 24.3 Å². The van der Waals surface area contributed by atoms with E-state index >= 15 is 0 Å². The third-order valence-corrected chi connectivity index (χ3v) is 2.98. The molecule has 0 aromatic heterocycles. The maximum Gasteiger partial charge on any atom is 0.325 e. The highest BCUT2D eigenvalue weighted by atomic mass is 16.4. The number of rotatable bonds is 3. The number of benzene rings is 1. The van der Waals surface area contributed by atoms with Gasteiger partial charge in [0, 0.05) is 24.3 Å². The number of carboxylic acids is 1. The van der Waals surface area contributed by atoms with Crippen LogP contribution in [-0.2, 0) is 4.79 Å². The lowest BCUT2D eigenvalue weighted by Crippen LogP contribution is -2.26. The van der Waals surface area contributed by atoms with Crippen LogP contribution in [-0.4, -0.2) is 24.2 Å². The first-order valence-corrected chi connectivity index (χ1v) is 5.52. The molecule has 0 saturated carbocycles. The molecule has 1 heterocycles. The summed E-state index contributed by atoms with van der Waals surface area (Å²) in [5.74, 6) is -0.980. The highest BCUT2D eigenvalue weighted by Crippen LogP contribution is 2.28. The molecule has 2 rings (SSSR count). The number of hydrogen-bond acceptors (Lipinski definition) is 3. The Morgan fingerprint density at radius 3 is 2.56 bits per heavy atom. The molecule has 16 heavy (non-hydrogen) atoms.